The lowest BCUT2D eigenvalue weighted by atomic mass is 10.2. The molecule has 1 fully saturated rings. The predicted octanol–water partition coefficient (Wildman–Crippen LogP) is 1.50. The fourth-order valence-electron chi connectivity index (χ4n) is 2.48. The molecule has 1 aliphatic rings. The van der Waals surface area contributed by atoms with Gasteiger partial charge in [0.05, 0.1) is 13.2 Å². The van der Waals surface area contributed by atoms with Gasteiger partial charge in [0.1, 0.15) is 0 Å². The van der Waals surface area contributed by atoms with Gasteiger partial charge in [-0.3, -0.25) is 4.90 Å². The molecule has 1 saturated heterocycles. The van der Waals surface area contributed by atoms with Crippen LogP contribution in [0.5, 0.6) is 0 Å². The molecule has 0 aromatic carbocycles. The second-order valence-corrected chi connectivity index (χ2v) is 4.99. The van der Waals surface area contributed by atoms with E-state index in [0.29, 0.717) is 6.61 Å². The van der Waals surface area contributed by atoms with Gasteiger partial charge in [-0.15, -0.1) is 0 Å². The molecule has 0 saturated carbocycles. The summed E-state index contributed by atoms with van der Waals surface area (Å²) in [5.74, 6) is 0. The van der Waals surface area contributed by atoms with E-state index in [2.05, 4.69) is 17.1 Å². The van der Waals surface area contributed by atoms with E-state index in [0.717, 1.165) is 38.8 Å². The first-order chi connectivity index (χ1) is 8.88. The summed E-state index contributed by atoms with van der Waals surface area (Å²) in [7, 11) is 1.71. The Kier molecular flexibility index (Phi) is 9.48. The summed E-state index contributed by atoms with van der Waals surface area (Å²) < 4.78 is 10.5. The highest BCUT2D eigenvalue weighted by Crippen LogP contribution is 2.16. The van der Waals surface area contributed by atoms with Crippen molar-refractivity contribution in [2.24, 2.45) is 0 Å². The molecule has 0 bridgehead atoms. The van der Waals surface area contributed by atoms with Gasteiger partial charge in [-0.2, -0.15) is 0 Å². The van der Waals surface area contributed by atoms with Crippen LogP contribution >= 0.6 is 0 Å². The quantitative estimate of drug-likeness (QED) is 0.570. The third kappa shape index (κ3) is 6.69. The zero-order chi connectivity index (χ0) is 13.1. The van der Waals surface area contributed by atoms with Crippen molar-refractivity contribution >= 4 is 0 Å². The largest absolute Gasteiger partial charge is 0.382 e. The summed E-state index contributed by atoms with van der Waals surface area (Å²) in [5, 5.41) is 3.54. The van der Waals surface area contributed by atoms with Crippen LogP contribution in [0.4, 0.5) is 0 Å². The molecule has 0 radical (unpaired) electrons. The average molecular weight is 258 g/mol. The second-order valence-electron chi connectivity index (χ2n) is 4.99. The Morgan fingerprint density at radius 1 is 1.28 bits per heavy atom. The number of nitrogens with zero attached hydrogens (tertiary/aromatic N) is 1. The third-order valence-corrected chi connectivity index (χ3v) is 3.47. The van der Waals surface area contributed by atoms with E-state index in [-0.39, 0.29) is 0 Å². The summed E-state index contributed by atoms with van der Waals surface area (Å²) in [5.41, 5.74) is 0. The van der Waals surface area contributed by atoms with Gasteiger partial charge in [0.15, 0.2) is 0 Å². The Labute approximate surface area is 112 Å². The van der Waals surface area contributed by atoms with E-state index in [1.54, 1.807) is 7.11 Å². The highest BCUT2D eigenvalue weighted by molar-refractivity contribution is 4.80. The van der Waals surface area contributed by atoms with Gasteiger partial charge in [0.25, 0.3) is 0 Å². The Bertz CT molecular complexity index is 191. The van der Waals surface area contributed by atoms with E-state index >= 15 is 0 Å². The van der Waals surface area contributed by atoms with Crippen LogP contribution in [-0.2, 0) is 9.47 Å². The van der Waals surface area contributed by atoms with Crippen LogP contribution in [-0.4, -0.2) is 64.1 Å². The van der Waals surface area contributed by atoms with Crippen LogP contribution in [0.2, 0.25) is 0 Å². The Morgan fingerprint density at radius 2 is 2.17 bits per heavy atom. The smallest absolute Gasteiger partial charge is 0.0700 e. The lowest BCUT2D eigenvalue weighted by molar-refractivity contribution is 0.0646. The lowest BCUT2D eigenvalue weighted by Gasteiger charge is -2.24. The Hall–Kier alpha value is -0.160. The number of likely N-dealkylation sites (tertiary alicyclic amines) is 1. The minimum absolute atomic E-state index is 0.702. The first kappa shape index (κ1) is 15.9. The molecule has 0 aromatic rings. The van der Waals surface area contributed by atoms with Crippen molar-refractivity contribution in [2.75, 3.05) is 53.1 Å². The molecule has 4 nitrogen and oxygen atoms in total. The fourth-order valence-corrected chi connectivity index (χ4v) is 2.48. The number of hydrogen-bond donors (Lipinski definition) is 1. The molecular formula is C14H30N2O2. The predicted molar refractivity (Wildman–Crippen MR) is 75.1 cm³/mol. The lowest BCUT2D eigenvalue weighted by Crippen LogP contribution is -2.38. The molecule has 1 unspecified atom stereocenters. The maximum atomic E-state index is 5.50. The van der Waals surface area contributed by atoms with Crippen LogP contribution in [0.25, 0.3) is 0 Å². The molecule has 1 atom stereocenters. The molecule has 0 aliphatic carbocycles. The summed E-state index contributed by atoms with van der Waals surface area (Å²) in [4.78, 5) is 2.61. The molecule has 108 valence electrons. The van der Waals surface area contributed by atoms with Crippen molar-refractivity contribution in [1.82, 2.24) is 10.2 Å². The number of hydrogen-bond acceptors (Lipinski definition) is 4. The van der Waals surface area contributed by atoms with E-state index in [1.807, 2.05) is 0 Å². The topological polar surface area (TPSA) is 33.7 Å². The van der Waals surface area contributed by atoms with Crippen molar-refractivity contribution in [3.8, 4) is 0 Å². The molecular weight excluding hydrogens is 228 g/mol. The van der Waals surface area contributed by atoms with Crippen molar-refractivity contribution in [3.63, 3.8) is 0 Å². The fraction of sp³-hybridized carbons (Fsp3) is 1.00. The minimum atomic E-state index is 0.702. The van der Waals surface area contributed by atoms with Crippen LogP contribution in [0, 0.1) is 0 Å². The molecule has 0 spiro atoms. The monoisotopic (exact) mass is 258 g/mol. The Balaban J connectivity index is 2.01. The molecule has 18 heavy (non-hydrogen) atoms. The minimum Gasteiger partial charge on any atom is -0.382 e. The SMILES string of the molecule is CCCNCC1CCCN1CCCOCCOC. The van der Waals surface area contributed by atoms with Gasteiger partial charge in [-0.1, -0.05) is 6.92 Å². The first-order valence-corrected chi connectivity index (χ1v) is 7.40. The molecule has 1 rings (SSSR count). The molecule has 1 N–H and O–H groups in total. The van der Waals surface area contributed by atoms with E-state index in [4.69, 9.17) is 9.47 Å². The number of nitrogens with one attached hydrogen (secondary N) is 1. The van der Waals surface area contributed by atoms with Crippen molar-refractivity contribution in [3.05, 3.63) is 0 Å². The van der Waals surface area contributed by atoms with Gasteiger partial charge in [0.2, 0.25) is 0 Å². The van der Waals surface area contributed by atoms with Gasteiger partial charge >= 0.3 is 0 Å². The van der Waals surface area contributed by atoms with Gasteiger partial charge in [-0.05, 0) is 38.8 Å². The molecule has 0 aromatic heterocycles. The summed E-state index contributed by atoms with van der Waals surface area (Å²) in [6.45, 7) is 9.22. The second kappa shape index (κ2) is 10.7. The van der Waals surface area contributed by atoms with Crippen molar-refractivity contribution in [1.29, 1.82) is 0 Å². The normalized spacial score (nSPS) is 20.7. The van der Waals surface area contributed by atoms with Gasteiger partial charge < -0.3 is 14.8 Å². The first-order valence-electron chi connectivity index (χ1n) is 7.40. The maximum absolute atomic E-state index is 5.50. The maximum Gasteiger partial charge on any atom is 0.0700 e. The van der Waals surface area contributed by atoms with E-state index in [1.165, 1.54) is 32.4 Å². The van der Waals surface area contributed by atoms with Crippen LogP contribution in [0.15, 0.2) is 0 Å². The zero-order valence-electron chi connectivity index (χ0n) is 12.1. The van der Waals surface area contributed by atoms with Crippen molar-refractivity contribution in [2.45, 2.75) is 38.6 Å². The standard InChI is InChI=1S/C14H30N2O2/c1-3-7-15-13-14-6-4-8-16(14)9-5-10-18-12-11-17-2/h14-15H,3-13H2,1-2H3. The van der Waals surface area contributed by atoms with E-state index < -0.39 is 0 Å². The zero-order valence-corrected chi connectivity index (χ0v) is 12.1. The average Bonchev–Trinajstić information content (AvgIpc) is 2.82. The third-order valence-electron chi connectivity index (χ3n) is 3.47. The summed E-state index contributed by atoms with van der Waals surface area (Å²) in [6.07, 6.45) is 5.05. The van der Waals surface area contributed by atoms with Gasteiger partial charge in [-0.25, -0.2) is 0 Å². The van der Waals surface area contributed by atoms with Crippen LogP contribution in [0.3, 0.4) is 0 Å². The molecule has 4 heteroatoms. The van der Waals surface area contributed by atoms with Crippen LogP contribution in [0.1, 0.15) is 32.6 Å². The van der Waals surface area contributed by atoms with E-state index in [9.17, 15) is 0 Å². The summed E-state index contributed by atoms with van der Waals surface area (Å²) in [6, 6.07) is 0.746. The van der Waals surface area contributed by atoms with Crippen molar-refractivity contribution < 1.29 is 9.47 Å². The van der Waals surface area contributed by atoms with Crippen LogP contribution < -0.4 is 5.32 Å². The number of ether oxygens (including phenoxy) is 2. The highest BCUT2D eigenvalue weighted by atomic mass is 16.5. The number of rotatable bonds is 11. The molecule has 1 aliphatic heterocycles. The van der Waals surface area contributed by atoms with Gasteiger partial charge in [0, 0.05) is 32.8 Å². The Morgan fingerprint density at radius 3 is 2.94 bits per heavy atom. The molecule has 0 amide bonds. The summed E-state index contributed by atoms with van der Waals surface area (Å²) >= 11 is 0. The molecule has 1 heterocycles. The highest BCUT2D eigenvalue weighted by Gasteiger charge is 2.23. The number of methoxy groups -OCH3 is 1.